The summed E-state index contributed by atoms with van der Waals surface area (Å²) in [7, 11) is 0. The van der Waals surface area contributed by atoms with Crippen molar-refractivity contribution in [2.45, 2.75) is 77.7 Å². The highest BCUT2D eigenvalue weighted by Crippen LogP contribution is 2.65. The number of hydrogen-bond donors (Lipinski definition) is 1. The van der Waals surface area contributed by atoms with Gasteiger partial charge in [0, 0.05) is 0 Å². The molecule has 0 aromatic heterocycles. The average molecular weight is 275 g/mol. The Morgan fingerprint density at radius 1 is 0.950 bits per heavy atom. The third kappa shape index (κ3) is 1.77. The van der Waals surface area contributed by atoms with E-state index in [0.717, 1.165) is 36.5 Å². The molecule has 0 heterocycles. The van der Waals surface area contributed by atoms with Crippen LogP contribution in [-0.4, -0.2) is 11.2 Å². The summed E-state index contributed by atoms with van der Waals surface area (Å²) in [5, 5.41) is 10.0. The Bertz CT molecular complexity index is 391. The van der Waals surface area contributed by atoms with E-state index in [1.807, 2.05) is 0 Å². The van der Waals surface area contributed by atoms with Crippen molar-refractivity contribution >= 4 is 0 Å². The molecule has 4 aliphatic rings. The number of aliphatic hydroxyl groups excluding tert-OH is 1. The van der Waals surface area contributed by atoms with Crippen molar-refractivity contribution in [3.63, 3.8) is 0 Å². The summed E-state index contributed by atoms with van der Waals surface area (Å²) in [6.45, 7) is 5.13. The summed E-state index contributed by atoms with van der Waals surface area (Å²) in [6.07, 6.45) is 14.6. The summed E-state index contributed by atoms with van der Waals surface area (Å²) in [4.78, 5) is 0. The highest BCUT2D eigenvalue weighted by atomic mass is 16.3. The van der Waals surface area contributed by atoms with Crippen molar-refractivity contribution < 1.29 is 5.11 Å². The Labute approximate surface area is 124 Å². The van der Waals surface area contributed by atoms with Crippen LogP contribution in [-0.2, 0) is 0 Å². The van der Waals surface area contributed by atoms with Crippen LogP contribution in [0.25, 0.3) is 0 Å². The Morgan fingerprint density at radius 3 is 2.65 bits per heavy atom. The predicted molar refractivity (Wildman–Crippen MR) is 82.0 cm³/mol. The molecule has 0 bridgehead atoms. The minimum Gasteiger partial charge on any atom is -0.393 e. The molecule has 0 aliphatic heterocycles. The minimum atomic E-state index is -0.00158. The first kappa shape index (κ1) is 13.6. The molecule has 7 atom stereocenters. The van der Waals surface area contributed by atoms with Crippen molar-refractivity contribution in [2.24, 2.45) is 34.5 Å². The second-order valence-corrected chi connectivity index (χ2v) is 8.91. The second kappa shape index (κ2) is 4.48. The van der Waals surface area contributed by atoms with Crippen molar-refractivity contribution in [3.05, 3.63) is 6.42 Å². The van der Waals surface area contributed by atoms with Crippen LogP contribution in [0.5, 0.6) is 0 Å². The van der Waals surface area contributed by atoms with Gasteiger partial charge in [-0.3, -0.25) is 0 Å². The minimum absolute atomic E-state index is 0.00158. The molecule has 20 heavy (non-hydrogen) atoms. The van der Waals surface area contributed by atoms with E-state index in [0.29, 0.717) is 10.8 Å². The van der Waals surface area contributed by atoms with Crippen LogP contribution < -0.4 is 0 Å². The molecule has 1 heteroatoms. The summed E-state index contributed by atoms with van der Waals surface area (Å²) in [5.41, 5.74) is 1.12. The quantitative estimate of drug-likeness (QED) is 0.685. The van der Waals surface area contributed by atoms with Crippen LogP contribution in [0.3, 0.4) is 0 Å². The average Bonchev–Trinajstić information content (AvgIpc) is 2.81. The molecule has 0 saturated heterocycles. The Morgan fingerprint density at radius 2 is 1.80 bits per heavy atom. The molecule has 1 N–H and O–H groups in total. The van der Waals surface area contributed by atoms with E-state index in [1.54, 1.807) is 0 Å². The van der Waals surface area contributed by atoms with Gasteiger partial charge in [-0.2, -0.15) is 0 Å². The first-order chi connectivity index (χ1) is 9.53. The maximum absolute atomic E-state index is 10.0. The van der Waals surface area contributed by atoms with Crippen molar-refractivity contribution in [2.75, 3.05) is 0 Å². The van der Waals surface area contributed by atoms with Crippen LogP contribution in [0.4, 0.5) is 0 Å². The lowest BCUT2D eigenvalue weighted by Crippen LogP contribution is -2.53. The fourth-order valence-electron chi connectivity index (χ4n) is 6.97. The maximum Gasteiger partial charge on any atom is 0.0543 e. The lowest BCUT2D eigenvalue weighted by molar-refractivity contribution is -0.117. The van der Waals surface area contributed by atoms with E-state index in [-0.39, 0.29) is 6.10 Å². The molecule has 0 amide bonds. The molecule has 1 radical (unpaired) electrons. The van der Waals surface area contributed by atoms with Gasteiger partial charge in [-0.15, -0.1) is 0 Å². The van der Waals surface area contributed by atoms with E-state index in [4.69, 9.17) is 0 Å². The van der Waals surface area contributed by atoms with Gasteiger partial charge < -0.3 is 5.11 Å². The lowest BCUT2D eigenvalue weighted by Gasteiger charge is -2.60. The Hall–Kier alpha value is -0.0400. The number of hydrogen-bond acceptors (Lipinski definition) is 1. The molecular formula is C19H31O. The zero-order valence-corrected chi connectivity index (χ0v) is 13.3. The number of rotatable bonds is 0. The monoisotopic (exact) mass is 275 g/mol. The van der Waals surface area contributed by atoms with Gasteiger partial charge in [-0.25, -0.2) is 0 Å². The predicted octanol–water partition coefficient (Wildman–Crippen LogP) is 4.59. The largest absolute Gasteiger partial charge is 0.393 e. The maximum atomic E-state index is 10.0. The molecular weight excluding hydrogens is 244 g/mol. The molecule has 4 saturated carbocycles. The third-order valence-corrected chi connectivity index (χ3v) is 8.16. The molecule has 4 fully saturated rings. The Balaban J connectivity index is 1.62. The second-order valence-electron chi connectivity index (χ2n) is 8.91. The highest BCUT2D eigenvalue weighted by Gasteiger charge is 2.57. The van der Waals surface area contributed by atoms with Gasteiger partial charge in [0.25, 0.3) is 0 Å². The van der Waals surface area contributed by atoms with Gasteiger partial charge in [-0.05, 0) is 98.7 Å². The summed E-state index contributed by atoms with van der Waals surface area (Å²) in [6, 6.07) is 0. The van der Waals surface area contributed by atoms with Gasteiger partial charge in [0.1, 0.15) is 0 Å². The van der Waals surface area contributed by atoms with E-state index >= 15 is 0 Å². The molecule has 0 unspecified atom stereocenters. The van der Waals surface area contributed by atoms with Gasteiger partial charge in [0.05, 0.1) is 6.10 Å². The van der Waals surface area contributed by atoms with E-state index in [1.165, 1.54) is 44.9 Å². The summed E-state index contributed by atoms with van der Waals surface area (Å²) >= 11 is 0. The van der Waals surface area contributed by atoms with Crippen LogP contribution >= 0.6 is 0 Å². The zero-order chi connectivity index (χ0) is 14.0. The molecule has 4 rings (SSSR count). The highest BCUT2D eigenvalue weighted by molar-refractivity contribution is 5.11. The van der Waals surface area contributed by atoms with Crippen molar-refractivity contribution in [1.82, 2.24) is 0 Å². The van der Waals surface area contributed by atoms with Crippen LogP contribution in [0, 0.1) is 40.9 Å². The van der Waals surface area contributed by atoms with Gasteiger partial charge in [0.15, 0.2) is 0 Å². The third-order valence-electron chi connectivity index (χ3n) is 8.16. The number of aliphatic hydroxyl groups is 1. The van der Waals surface area contributed by atoms with Crippen molar-refractivity contribution in [3.8, 4) is 0 Å². The smallest absolute Gasteiger partial charge is 0.0543 e. The molecule has 0 aromatic carbocycles. The Kier molecular flexibility index (Phi) is 3.05. The fourth-order valence-corrected chi connectivity index (χ4v) is 6.97. The van der Waals surface area contributed by atoms with Crippen molar-refractivity contribution in [1.29, 1.82) is 0 Å². The van der Waals surface area contributed by atoms with Gasteiger partial charge >= 0.3 is 0 Å². The molecule has 0 aromatic rings. The van der Waals surface area contributed by atoms with Crippen LogP contribution in [0.1, 0.15) is 71.6 Å². The van der Waals surface area contributed by atoms with Gasteiger partial charge in [0.2, 0.25) is 0 Å². The molecule has 0 spiro atoms. The van der Waals surface area contributed by atoms with Gasteiger partial charge in [-0.1, -0.05) is 13.8 Å². The summed E-state index contributed by atoms with van der Waals surface area (Å²) < 4.78 is 0. The standard InChI is InChI=1S/C19H31O/c1-18-9-3-4-16(18)15-6-5-13-12-14(20)7-11-19(13,2)17(15)8-10-18/h9,13-17,20H,3-8,10-12H2,1-2H3/t13-,14-,15-,16-,17-,18-,19-/m0/s1. The number of fused-ring (bicyclic) bond motifs is 5. The first-order valence-electron chi connectivity index (χ1n) is 9.05. The zero-order valence-electron chi connectivity index (χ0n) is 13.3. The normalized spacial score (nSPS) is 58.6. The van der Waals surface area contributed by atoms with Crippen LogP contribution in [0.2, 0.25) is 0 Å². The van der Waals surface area contributed by atoms with E-state index in [2.05, 4.69) is 20.3 Å². The topological polar surface area (TPSA) is 20.2 Å². The van der Waals surface area contributed by atoms with E-state index < -0.39 is 0 Å². The van der Waals surface area contributed by atoms with Crippen LogP contribution in [0.15, 0.2) is 0 Å². The molecule has 113 valence electrons. The molecule has 4 aliphatic carbocycles. The fraction of sp³-hybridized carbons (Fsp3) is 0.947. The van der Waals surface area contributed by atoms with E-state index in [9.17, 15) is 5.11 Å². The first-order valence-corrected chi connectivity index (χ1v) is 9.05. The summed E-state index contributed by atoms with van der Waals surface area (Å²) in [5.74, 6) is 3.73. The lowest BCUT2D eigenvalue weighted by atomic mass is 9.45. The molecule has 1 nitrogen and oxygen atoms in total. The SMILES string of the molecule is C[C@]12CC[C@H](O)C[C@@H]1CC[C@@H]1[C@@H]2CC[C@]2(C)[CH]CC[C@@H]12.